The first-order valence-electron chi connectivity index (χ1n) is 10.1. The van der Waals surface area contributed by atoms with Gasteiger partial charge in [-0.25, -0.2) is 0 Å². The first kappa shape index (κ1) is 24.5. The Bertz CT molecular complexity index is 979. The van der Waals surface area contributed by atoms with Crippen LogP contribution < -0.4 is 4.74 Å². The van der Waals surface area contributed by atoms with Gasteiger partial charge in [0.25, 0.3) is 0 Å². The minimum Gasteiger partial charge on any atom is -0.492 e. The summed E-state index contributed by atoms with van der Waals surface area (Å²) in [6, 6.07) is 23.3. The van der Waals surface area contributed by atoms with Gasteiger partial charge in [-0.05, 0) is 73.6 Å². The number of carboxylic acids is 1. The van der Waals surface area contributed by atoms with Crippen LogP contribution in [0.4, 0.5) is 0 Å². The molecule has 0 atom stereocenters. The highest BCUT2D eigenvalue weighted by Crippen LogP contribution is 2.36. The number of aliphatic carboxylic acids is 1. The molecule has 0 bridgehead atoms. The molecular weight excluding hydrogens is 465 g/mol. The van der Waals surface area contributed by atoms with Gasteiger partial charge in [0, 0.05) is 21.5 Å². The van der Waals surface area contributed by atoms with Crippen molar-refractivity contribution in [2.75, 3.05) is 26.0 Å². The third-order valence-corrected chi connectivity index (χ3v) is 6.96. The smallest absolute Gasteiger partial charge is 0.313 e. The maximum atomic E-state index is 10.7. The standard InChI is InChI=1S/C25H25Cl2NO3S/c1-25(18-3-7-20(26)8-4-18,19-5-9-21(27)10-6-19)28(2)15-16-31-22-11-13-23(14-12-22)32-17-24(29)30/h3-14H,15-17H2,1-2H3,(H,29,30). The summed E-state index contributed by atoms with van der Waals surface area (Å²) >= 11 is 13.5. The van der Waals surface area contributed by atoms with E-state index in [4.69, 9.17) is 33.0 Å². The number of thioether (sulfide) groups is 1. The molecule has 32 heavy (non-hydrogen) atoms. The maximum Gasteiger partial charge on any atom is 0.313 e. The van der Waals surface area contributed by atoms with Gasteiger partial charge in [0.15, 0.2) is 0 Å². The van der Waals surface area contributed by atoms with E-state index in [0.717, 1.165) is 21.8 Å². The molecule has 0 radical (unpaired) electrons. The second kappa shape index (κ2) is 11.1. The molecule has 0 unspecified atom stereocenters. The summed E-state index contributed by atoms with van der Waals surface area (Å²) in [5.41, 5.74) is 1.83. The maximum absolute atomic E-state index is 10.7. The van der Waals surface area contributed by atoms with E-state index >= 15 is 0 Å². The van der Waals surface area contributed by atoms with Crippen molar-refractivity contribution >= 4 is 40.9 Å². The Morgan fingerprint density at radius 1 is 0.938 bits per heavy atom. The minimum absolute atomic E-state index is 0.0407. The van der Waals surface area contributed by atoms with Crippen molar-refractivity contribution in [2.24, 2.45) is 0 Å². The monoisotopic (exact) mass is 489 g/mol. The molecule has 0 spiro atoms. The minimum atomic E-state index is -0.831. The molecule has 7 heteroatoms. The number of nitrogens with zero attached hydrogens (tertiary/aromatic N) is 1. The lowest BCUT2D eigenvalue weighted by molar-refractivity contribution is -0.133. The van der Waals surface area contributed by atoms with Gasteiger partial charge in [-0.1, -0.05) is 47.5 Å². The molecule has 0 aromatic heterocycles. The average molecular weight is 490 g/mol. The summed E-state index contributed by atoms with van der Waals surface area (Å²) in [5.74, 6) is -0.0422. The Balaban J connectivity index is 1.70. The molecule has 4 nitrogen and oxygen atoms in total. The van der Waals surface area contributed by atoms with Crippen LogP contribution in [0.25, 0.3) is 0 Å². The van der Waals surface area contributed by atoms with Crippen LogP contribution in [0, 0.1) is 0 Å². The molecule has 0 aliphatic heterocycles. The number of carbonyl (C=O) groups is 1. The highest BCUT2D eigenvalue weighted by molar-refractivity contribution is 8.00. The first-order valence-corrected chi connectivity index (χ1v) is 11.8. The molecule has 0 amide bonds. The SMILES string of the molecule is CN(CCOc1ccc(SCC(=O)O)cc1)C(C)(c1ccc(Cl)cc1)c1ccc(Cl)cc1. The Morgan fingerprint density at radius 2 is 1.44 bits per heavy atom. The molecule has 3 rings (SSSR count). The third-order valence-electron chi connectivity index (χ3n) is 5.46. The average Bonchev–Trinajstić information content (AvgIpc) is 2.79. The first-order chi connectivity index (χ1) is 15.3. The van der Waals surface area contributed by atoms with E-state index in [-0.39, 0.29) is 5.75 Å². The zero-order valence-corrected chi connectivity index (χ0v) is 20.3. The molecule has 0 heterocycles. The number of halogens is 2. The largest absolute Gasteiger partial charge is 0.492 e. The highest BCUT2D eigenvalue weighted by atomic mass is 35.5. The lowest BCUT2D eigenvalue weighted by Gasteiger charge is -2.40. The lowest BCUT2D eigenvalue weighted by Crippen LogP contribution is -2.44. The lowest BCUT2D eigenvalue weighted by atomic mass is 9.83. The topological polar surface area (TPSA) is 49.8 Å². The van der Waals surface area contributed by atoms with E-state index in [1.54, 1.807) is 0 Å². The normalized spacial score (nSPS) is 11.5. The van der Waals surface area contributed by atoms with Gasteiger partial charge in [-0.3, -0.25) is 9.69 Å². The van der Waals surface area contributed by atoms with Crippen molar-refractivity contribution in [1.29, 1.82) is 0 Å². The van der Waals surface area contributed by atoms with Crippen LogP contribution in [-0.4, -0.2) is 41.9 Å². The molecule has 168 valence electrons. The van der Waals surface area contributed by atoms with E-state index in [0.29, 0.717) is 23.2 Å². The summed E-state index contributed by atoms with van der Waals surface area (Å²) in [5, 5.41) is 10.2. The van der Waals surface area contributed by atoms with Gasteiger partial charge in [0.2, 0.25) is 0 Å². The summed E-state index contributed by atoms with van der Waals surface area (Å²) in [4.78, 5) is 13.8. The number of hydrogen-bond donors (Lipinski definition) is 1. The van der Waals surface area contributed by atoms with Crippen molar-refractivity contribution in [2.45, 2.75) is 17.4 Å². The number of rotatable bonds is 10. The second-order valence-electron chi connectivity index (χ2n) is 7.51. The number of hydrogen-bond acceptors (Lipinski definition) is 4. The van der Waals surface area contributed by atoms with Crippen molar-refractivity contribution in [3.05, 3.63) is 94.0 Å². The van der Waals surface area contributed by atoms with Gasteiger partial charge in [0.05, 0.1) is 11.3 Å². The Kier molecular flexibility index (Phi) is 8.49. The van der Waals surface area contributed by atoms with Crippen LogP contribution in [-0.2, 0) is 10.3 Å². The molecule has 3 aromatic carbocycles. The van der Waals surface area contributed by atoms with E-state index in [1.807, 2.05) is 72.8 Å². The zero-order chi connectivity index (χ0) is 23.1. The van der Waals surface area contributed by atoms with E-state index in [9.17, 15) is 4.79 Å². The van der Waals surface area contributed by atoms with Crippen LogP contribution in [0.1, 0.15) is 18.1 Å². The molecular formula is C25H25Cl2NO3S. The molecule has 1 N–H and O–H groups in total. The van der Waals surface area contributed by atoms with Gasteiger partial charge in [-0.15, -0.1) is 11.8 Å². The van der Waals surface area contributed by atoms with Crippen molar-refractivity contribution in [3.8, 4) is 5.75 Å². The third kappa shape index (κ3) is 6.20. The van der Waals surface area contributed by atoms with E-state index in [2.05, 4.69) is 18.9 Å². The molecule has 0 aliphatic rings. The van der Waals surface area contributed by atoms with Crippen LogP contribution >= 0.6 is 35.0 Å². The van der Waals surface area contributed by atoms with Gasteiger partial charge >= 0.3 is 5.97 Å². The van der Waals surface area contributed by atoms with Crippen LogP contribution in [0.5, 0.6) is 5.75 Å². The second-order valence-corrected chi connectivity index (χ2v) is 9.43. The Morgan fingerprint density at radius 3 is 1.91 bits per heavy atom. The molecule has 0 aliphatic carbocycles. The van der Waals surface area contributed by atoms with E-state index in [1.165, 1.54) is 11.8 Å². The number of benzene rings is 3. The summed E-state index contributed by atoms with van der Waals surface area (Å²) in [7, 11) is 2.07. The van der Waals surface area contributed by atoms with Gasteiger partial charge in [-0.2, -0.15) is 0 Å². The number of ether oxygens (including phenoxy) is 1. The molecule has 0 saturated carbocycles. The number of carboxylic acid groups (broad SMARTS) is 1. The fraction of sp³-hybridized carbons (Fsp3) is 0.240. The summed E-state index contributed by atoms with van der Waals surface area (Å²) in [6.45, 7) is 3.35. The van der Waals surface area contributed by atoms with Crippen LogP contribution in [0.2, 0.25) is 10.0 Å². The predicted octanol–water partition coefficient (Wildman–Crippen LogP) is 6.44. The molecule has 3 aromatic rings. The molecule has 0 saturated heterocycles. The van der Waals surface area contributed by atoms with E-state index < -0.39 is 11.5 Å². The summed E-state index contributed by atoms with van der Waals surface area (Å²) in [6.07, 6.45) is 0. The molecule has 0 fully saturated rings. The van der Waals surface area contributed by atoms with Crippen LogP contribution in [0.3, 0.4) is 0 Å². The Hall–Kier alpha value is -2.18. The van der Waals surface area contributed by atoms with Gasteiger partial charge < -0.3 is 9.84 Å². The quantitative estimate of drug-likeness (QED) is 0.331. The van der Waals surface area contributed by atoms with Crippen molar-refractivity contribution in [1.82, 2.24) is 4.90 Å². The predicted molar refractivity (Wildman–Crippen MR) is 132 cm³/mol. The summed E-state index contributed by atoms with van der Waals surface area (Å²) < 4.78 is 5.95. The fourth-order valence-corrected chi connectivity index (χ4v) is 4.33. The van der Waals surface area contributed by atoms with Crippen molar-refractivity contribution < 1.29 is 14.6 Å². The van der Waals surface area contributed by atoms with Gasteiger partial charge in [0.1, 0.15) is 12.4 Å². The fourth-order valence-electron chi connectivity index (χ4n) is 3.46. The van der Waals surface area contributed by atoms with Crippen LogP contribution in [0.15, 0.2) is 77.7 Å². The Labute approximate surface area is 203 Å². The zero-order valence-electron chi connectivity index (χ0n) is 17.9. The highest BCUT2D eigenvalue weighted by Gasteiger charge is 2.33. The van der Waals surface area contributed by atoms with Crippen molar-refractivity contribution in [3.63, 3.8) is 0 Å². The number of likely N-dealkylation sites (N-methyl/N-ethyl adjacent to an activating group) is 1.